The maximum absolute atomic E-state index is 12.4. The van der Waals surface area contributed by atoms with Crippen LogP contribution in [0.15, 0.2) is 41.8 Å². The monoisotopic (exact) mass is 451 g/mol. The molecule has 1 aliphatic rings. The summed E-state index contributed by atoms with van der Waals surface area (Å²) in [5, 5.41) is 10.5. The lowest BCUT2D eigenvalue weighted by Crippen LogP contribution is -2.22. The fraction of sp³-hybridized carbons (Fsp3) is 0.348. The first-order valence-electron chi connectivity index (χ1n) is 10.6. The lowest BCUT2D eigenvalue weighted by molar-refractivity contribution is -0.115. The number of carbonyl (C=O) groups excluding carboxylic acids is 2. The van der Waals surface area contributed by atoms with Crippen LogP contribution in [0, 0.1) is 0 Å². The molecule has 0 spiro atoms. The van der Waals surface area contributed by atoms with Crippen molar-refractivity contribution in [2.24, 2.45) is 0 Å². The highest BCUT2D eigenvalue weighted by molar-refractivity contribution is 7.14. The van der Waals surface area contributed by atoms with Gasteiger partial charge in [-0.1, -0.05) is 19.1 Å². The lowest BCUT2D eigenvalue weighted by Gasteiger charge is -2.18. The van der Waals surface area contributed by atoms with E-state index >= 15 is 0 Å². The molecule has 8 nitrogen and oxygen atoms in total. The number of benzene rings is 1. The molecule has 2 aromatic heterocycles. The number of thiazole rings is 1. The van der Waals surface area contributed by atoms with Gasteiger partial charge in [-0.2, -0.15) is 0 Å². The van der Waals surface area contributed by atoms with Gasteiger partial charge in [0.15, 0.2) is 16.6 Å². The summed E-state index contributed by atoms with van der Waals surface area (Å²) in [6.07, 6.45) is 3.22. The molecule has 0 N–H and O–H groups in total. The molecule has 0 saturated carbocycles. The van der Waals surface area contributed by atoms with Gasteiger partial charge < -0.3 is 9.64 Å². The largest absolute Gasteiger partial charge is 0.454 e. The van der Waals surface area contributed by atoms with E-state index in [-0.39, 0.29) is 18.2 Å². The summed E-state index contributed by atoms with van der Waals surface area (Å²) in [5.41, 5.74) is 2.67. The first-order valence-corrected chi connectivity index (χ1v) is 11.5. The summed E-state index contributed by atoms with van der Waals surface area (Å²) in [7, 11) is 0. The van der Waals surface area contributed by atoms with Crippen molar-refractivity contribution in [2.75, 3.05) is 22.9 Å². The summed E-state index contributed by atoms with van der Waals surface area (Å²) >= 11 is 1.32. The number of nitrogens with zero attached hydrogens (tertiary/aromatic N) is 5. The Morgan fingerprint density at radius 3 is 2.47 bits per heavy atom. The van der Waals surface area contributed by atoms with Crippen molar-refractivity contribution < 1.29 is 14.3 Å². The third kappa shape index (κ3) is 4.94. The Morgan fingerprint density at radius 1 is 1.09 bits per heavy atom. The van der Waals surface area contributed by atoms with Crippen molar-refractivity contribution in [2.45, 2.75) is 39.7 Å². The molecule has 32 heavy (non-hydrogen) atoms. The van der Waals surface area contributed by atoms with Crippen LogP contribution in [-0.2, 0) is 22.6 Å². The van der Waals surface area contributed by atoms with Crippen LogP contribution in [0.4, 0.5) is 16.6 Å². The average Bonchev–Trinajstić information content (AvgIpc) is 3.51. The van der Waals surface area contributed by atoms with E-state index in [0.29, 0.717) is 10.8 Å². The molecule has 0 atom stereocenters. The van der Waals surface area contributed by atoms with Gasteiger partial charge >= 0.3 is 5.97 Å². The number of esters is 1. The molecule has 1 fully saturated rings. The van der Waals surface area contributed by atoms with Crippen molar-refractivity contribution >= 4 is 39.9 Å². The SMILES string of the molecule is CCc1ccc(N(C(C)=O)c2nc(COC(=O)c3ccc(N4CCCC4)nn3)cs2)cc1. The smallest absolute Gasteiger partial charge is 0.359 e. The third-order valence-electron chi connectivity index (χ3n) is 5.29. The van der Waals surface area contributed by atoms with Gasteiger partial charge in [0.1, 0.15) is 6.61 Å². The van der Waals surface area contributed by atoms with Gasteiger partial charge in [-0.15, -0.1) is 21.5 Å². The molecular weight excluding hydrogens is 426 g/mol. The fourth-order valence-corrected chi connectivity index (χ4v) is 4.41. The van der Waals surface area contributed by atoms with E-state index in [1.54, 1.807) is 22.4 Å². The topological polar surface area (TPSA) is 88.5 Å². The molecule has 1 aliphatic heterocycles. The van der Waals surface area contributed by atoms with Crippen LogP contribution >= 0.6 is 11.3 Å². The summed E-state index contributed by atoms with van der Waals surface area (Å²) in [6.45, 7) is 5.50. The Kier molecular flexibility index (Phi) is 6.75. The van der Waals surface area contributed by atoms with Crippen molar-refractivity contribution in [3.63, 3.8) is 0 Å². The Balaban J connectivity index is 1.39. The number of aryl methyl sites for hydroxylation is 1. The number of rotatable bonds is 7. The van der Waals surface area contributed by atoms with E-state index < -0.39 is 5.97 Å². The quantitative estimate of drug-likeness (QED) is 0.499. The zero-order valence-corrected chi connectivity index (χ0v) is 19.0. The number of carbonyl (C=O) groups is 2. The van der Waals surface area contributed by atoms with Gasteiger partial charge in [-0.3, -0.25) is 9.69 Å². The molecule has 0 radical (unpaired) electrons. The summed E-state index contributed by atoms with van der Waals surface area (Å²) in [6, 6.07) is 11.2. The number of aromatic nitrogens is 3. The van der Waals surface area contributed by atoms with Gasteiger partial charge in [-0.05, 0) is 49.1 Å². The minimum absolute atomic E-state index is 0.00852. The molecule has 0 aliphatic carbocycles. The van der Waals surface area contributed by atoms with E-state index in [1.165, 1.54) is 23.8 Å². The van der Waals surface area contributed by atoms with E-state index in [9.17, 15) is 9.59 Å². The van der Waals surface area contributed by atoms with E-state index in [0.717, 1.165) is 43.9 Å². The summed E-state index contributed by atoms with van der Waals surface area (Å²) in [4.78, 5) is 32.8. The fourth-order valence-electron chi connectivity index (χ4n) is 3.54. The second-order valence-corrected chi connectivity index (χ2v) is 8.38. The van der Waals surface area contributed by atoms with Crippen molar-refractivity contribution in [1.29, 1.82) is 0 Å². The van der Waals surface area contributed by atoms with Gasteiger partial charge in [0.2, 0.25) is 5.91 Å². The van der Waals surface area contributed by atoms with Gasteiger partial charge in [0.25, 0.3) is 0 Å². The maximum Gasteiger partial charge on any atom is 0.359 e. The molecule has 0 unspecified atom stereocenters. The highest BCUT2D eigenvalue weighted by Gasteiger charge is 2.19. The first-order chi connectivity index (χ1) is 15.5. The number of amides is 1. The van der Waals surface area contributed by atoms with Crippen LogP contribution in [-0.4, -0.2) is 40.1 Å². The van der Waals surface area contributed by atoms with Crippen LogP contribution in [0.25, 0.3) is 0 Å². The molecule has 1 aromatic carbocycles. The predicted molar refractivity (Wildman–Crippen MR) is 123 cm³/mol. The zero-order chi connectivity index (χ0) is 22.5. The molecule has 1 amide bonds. The minimum Gasteiger partial charge on any atom is -0.454 e. The van der Waals surface area contributed by atoms with Crippen LogP contribution in [0.3, 0.4) is 0 Å². The third-order valence-corrected chi connectivity index (χ3v) is 6.16. The molecule has 0 bridgehead atoms. The predicted octanol–water partition coefficient (Wildman–Crippen LogP) is 4.14. The van der Waals surface area contributed by atoms with E-state index in [2.05, 4.69) is 27.0 Å². The Hall–Kier alpha value is -3.33. The number of hydrogen-bond acceptors (Lipinski definition) is 8. The molecule has 3 heterocycles. The Morgan fingerprint density at radius 2 is 1.84 bits per heavy atom. The van der Waals surface area contributed by atoms with E-state index in [1.807, 2.05) is 24.3 Å². The molecule has 3 aromatic rings. The van der Waals surface area contributed by atoms with Gasteiger partial charge in [-0.25, -0.2) is 9.78 Å². The Labute approximate surface area is 190 Å². The molecule has 4 rings (SSSR count). The van der Waals surface area contributed by atoms with E-state index in [4.69, 9.17) is 4.74 Å². The van der Waals surface area contributed by atoms with Crippen molar-refractivity contribution in [3.05, 3.63) is 58.7 Å². The second-order valence-electron chi connectivity index (χ2n) is 7.54. The lowest BCUT2D eigenvalue weighted by atomic mass is 10.1. The summed E-state index contributed by atoms with van der Waals surface area (Å²) in [5.74, 6) is 0.0820. The van der Waals surface area contributed by atoms with Crippen molar-refractivity contribution in [1.82, 2.24) is 15.2 Å². The van der Waals surface area contributed by atoms with Crippen LogP contribution in [0.5, 0.6) is 0 Å². The Bertz CT molecular complexity index is 1080. The van der Waals surface area contributed by atoms with Crippen LogP contribution in [0.2, 0.25) is 0 Å². The van der Waals surface area contributed by atoms with Crippen LogP contribution in [0.1, 0.15) is 48.4 Å². The van der Waals surface area contributed by atoms with Gasteiger partial charge in [0, 0.05) is 25.4 Å². The molecule has 166 valence electrons. The maximum atomic E-state index is 12.4. The highest BCUT2D eigenvalue weighted by atomic mass is 32.1. The second kappa shape index (κ2) is 9.86. The normalized spacial score (nSPS) is 13.2. The zero-order valence-electron chi connectivity index (χ0n) is 18.2. The van der Waals surface area contributed by atoms with Crippen LogP contribution < -0.4 is 9.80 Å². The number of hydrogen-bond donors (Lipinski definition) is 0. The molecule has 9 heteroatoms. The number of anilines is 3. The summed E-state index contributed by atoms with van der Waals surface area (Å²) < 4.78 is 5.35. The molecule has 1 saturated heterocycles. The molecular formula is C23H25N5O3S. The van der Waals surface area contributed by atoms with Crippen molar-refractivity contribution in [3.8, 4) is 0 Å². The average molecular weight is 452 g/mol. The minimum atomic E-state index is -0.557. The van der Waals surface area contributed by atoms with Gasteiger partial charge in [0.05, 0.1) is 11.4 Å². The standard InChI is InChI=1S/C23H25N5O3S/c1-3-17-6-8-19(9-7-17)28(16(2)29)23-24-18(15-32-23)14-31-22(30)20-10-11-21(26-25-20)27-12-4-5-13-27/h6-11,15H,3-5,12-14H2,1-2H3. The first kappa shape index (κ1) is 21.9. The number of ether oxygens (including phenoxy) is 1. The highest BCUT2D eigenvalue weighted by Crippen LogP contribution is 2.29.